The zero-order chi connectivity index (χ0) is 13.5. The topological polar surface area (TPSA) is 49.6 Å². The van der Waals surface area contributed by atoms with E-state index in [9.17, 15) is 4.79 Å². The van der Waals surface area contributed by atoms with Crippen molar-refractivity contribution in [1.82, 2.24) is 9.80 Å². The average Bonchev–Trinajstić information content (AvgIpc) is 2.34. The molecule has 0 fully saturated rings. The summed E-state index contributed by atoms with van der Waals surface area (Å²) in [4.78, 5) is 16.2. The highest BCUT2D eigenvalue weighted by molar-refractivity contribution is 5.94. The van der Waals surface area contributed by atoms with Gasteiger partial charge in [0.15, 0.2) is 0 Å². The third kappa shape index (κ3) is 4.37. The lowest BCUT2D eigenvalue weighted by molar-refractivity contribution is 0.0759. The van der Waals surface area contributed by atoms with Crippen molar-refractivity contribution >= 4 is 11.6 Å². The maximum atomic E-state index is 12.2. The monoisotopic (exact) mass is 249 g/mol. The van der Waals surface area contributed by atoms with Crippen LogP contribution in [0.3, 0.4) is 0 Å². The number of carbonyl (C=O) groups is 1. The van der Waals surface area contributed by atoms with Gasteiger partial charge in [-0.1, -0.05) is 0 Å². The van der Waals surface area contributed by atoms with Gasteiger partial charge in [-0.25, -0.2) is 0 Å². The van der Waals surface area contributed by atoms with Gasteiger partial charge < -0.3 is 15.5 Å². The van der Waals surface area contributed by atoms with Gasteiger partial charge in [-0.2, -0.15) is 0 Å². The van der Waals surface area contributed by atoms with Crippen LogP contribution in [0.15, 0.2) is 24.3 Å². The molecule has 100 valence electrons. The molecule has 0 aromatic heterocycles. The van der Waals surface area contributed by atoms with Crippen LogP contribution in [0.2, 0.25) is 0 Å². The van der Waals surface area contributed by atoms with E-state index in [1.54, 1.807) is 24.3 Å². The summed E-state index contributed by atoms with van der Waals surface area (Å²) < 4.78 is 0. The summed E-state index contributed by atoms with van der Waals surface area (Å²) in [6.07, 6.45) is 0.988. The maximum Gasteiger partial charge on any atom is 0.253 e. The number of rotatable bonds is 6. The highest BCUT2D eigenvalue weighted by atomic mass is 16.2. The molecule has 18 heavy (non-hydrogen) atoms. The van der Waals surface area contributed by atoms with Crippen molar-refractivity contribution < 1.29 is 4.79 Å². The van der Waals surface area contributed by atoms with Gasteiger partial charge in [-0.3, -0.25) is 4.79 Å². The second-order valence-electron chi connectivity index (χ2n) is 4.66. The molecule has 0 aliphatic rings. The van der Waals surface area contributed by atoms with Crippen LogP contribution in [0.5, 0.6) is 0 Å². The Hall–Kier alpha value is -1.55. The number of hydrogen-bond donors (Lipinski definition) is 1. The van der Waals surface area contributed by atoms with E-state index >= 15 is 0 Å². The maximum absolute atomic E-state index is 12.2. The Labute approximate surface area is 109 Å². The molecule has 2 N–H and O–H groups in total. The van der Waals surface area contributed by atoms with Gasteiger partial charge in [0.25, 0.3) is 5.91 Å². The molecule has 0 heterocycles. The molecule has 0 saturated carbocycles. The Balaban J connectivity index is 2.59. The van der Waals surface area contributed by atoms with Gasteiger partial charge >= 0.3 is 0 Å². The lowest BCUT2D eigenvalue weighted by atomic mass is 10.2. The highest BCUT2D eigenvalue weighted by Crippen LogP contribution is 2.09. The first-order valence-corrected chi connectivity index (χ1v) is 6.34. The number of benzene rings is 1. The van der Waals surface area contributed by atoms with Crippen LogP contribution in [-0.4, -0.2) is 49.4 Å². The molecular formula is C14H23N3O. The number of nitrogens with zero attached hydrogens (tertiary/aromatic N) is 2. The van der Waals surface area contributed by atoms with Crippen molar-refractivity contribution in [3.05, 3.63) is 29.8 Å². The van der Waals surface area contributed by atoms with Gasteiger partial charge in [-0.05, 0) is 58.3 Å². The molecule has 0 radical (unpaired) electrons. The van der Waals surface area contributed by atoms with Crippen molar-refractivity contribution in [1.29, 1.82) is 0 Å². The summed E-state index contributed by atoms with van der Waals surface area (Å²) in [5, 5.41) is 0. The normalized spacial score (nSPS) is 10.7. The van der Waals surface area contributed by atoms with Crippen LogP contribution in [0.25, 0.3) is 0 Å². The van der Waals surface area contributed by atoms with Crippen LogP contribution in [0.4, 0.5) is 5.69 Å². The molecule has 0 spiro atoms. The first-order chi connectivity index (χ1) is 8.54. The molecular weight excluding hydrogens is 226 g/mol. The number of anilines is 1. The first kappa shape index (κ1) is 14.5. The zero-order valence-corrected chi connectivity index (χ0v) is 11.5. The number of nitrogen functional groups attached to an aromatic ring is 1. The van der Waals surface area contributed by atoms with Gasteiger partial charge in [-0.15, -0.1) is 0 Å². The Morgan fingerprint density at radius 3 is 2.28 bits per heavy atom. The van der Waals surface area contributed by atoms with E-state index < -0.39 is 0 Å². The predicted molar refractivity (Wildman–Crippen MR) is 75.6 cm³/mol. The Kier molecular flexibility index (Phi) is 5.65. The molecule has 4 nitrogen and oxygen atoms in total. The lowest BCUT2D eigenvalue weighted by Crippen LogP contribution is -2.33. The van der Waals surface area contributed by atoms with E-state index in [0.29, 0.717) is 11.3 Å². The number of nitrogens with two attached hydrogens (primary N) is 1. The summed E-state index contributed by atoms with van der Waals surface area (Å²) in [5.41, 5.74) is 7.01. The molecule has 0 aliphatic heterocycles. The molecule has 1 rings (SSSR count). The fourth-order valence-electron chi connectivity index (χ4n) is 1.79. The van der Waals surface area contributed by atoms with E-state index in [-0.39, 0.29) is 5.91 Å². The van der Waals surface area contributed by atoms with Gasteiger partial charge in [0.05, 0.1) is 0 Å². The largest absolute Gasteiger partial charge is 0.399 e. The van der Waals surface area contributed by atoms with Crippen LogP contribution in [0.1, 0.15) is 23.7 Å². The number of hydrogen-bond acceptors (Lipinski definition) is 3. The van der Waals surface area contributed by atoms with E-state index in [4.69, 9.17) is 5.73 Å². The number of carbonyl (C=O) groups excluding carboxylic acids is 1. The molecule has 0 aliphatic carbocycles. The minimum atomic E-state index is 0.0799. The summed E-state index contributed by atoms with van der Waals surface area (Å²) >= 11 is 0. The lowest BCUT2D eigenvalue weighted by Gasteiger charge is -2.22. The predicted octanol–water partition coefficient (Wildman–Crippen LogP) is 1.68. The second kappa shape index (κ2) is 7.01. The van der Waals surface area contributed by atoms with Crippen LogP contribution in [0, 0.1) is 0 Å². The third-order valence-electron chi connectivity index (χ3n) is 2.86. The van der Waals surface area contributed by atoms with Gasteiger partial charge in [0, 0.05) is 24.3 Å². The van der Waals surface area contributed by atoms with Crippen molar-refractivity contribution in [2.75, 3.05) is 39.5 Å². The van der Waals surface area contributed by atoms with E-state index in [1.807, 2.05) is 25.9 Å². The van der Waals surface area contributed by atoms with E-state index in [1.165, 1.54) is 0 Å². The van der Waals surface area contributed by atoms with Gasteiger partial charge in [0.1, 0.15) is 0 Å². The molecule has 0 saturated heterocycles. The first-order valence-electron chi connectivity index (χ1n) is 6.34. The molecule has 1 amide bonds. The minimum absolute atomic E-state index is 0.0799. The summed E-state index contributed by atoms with van der Waals surface area (Å²) in [7, 11) is 4.08. The molecule has 1 aromatic rings. The minimum Gasteiger partial charge on any atom is -0.399 e. The van der Waals surface area contributed by atoms with Crippen LogP contribution >= 0.6 is 0 Å². The van der Waals surface area contributed by atoms with Crippen molar-refractivity contribution in [2.24, 2.45) is 0 Å². The highest BCUT2D eigenvalue weighted by Gasteiger charge is 2.13. The number of amides is 1. The Morgan fingerprint density at radius 2 is 1.78 bits per heavy atom. The standard InChI is InChI=1S/C14H23N3O/c1-4-17(11-5-10-16(2)3)14(18)12-6-8-13(15)9-7-12/h6-9H,4-5,10-11,15H2,1-3H3. The van der Waals surface area contributed by atoms with Crippen molar-refractivity contribution in [2.45, 2.75) is 13.3 Å². The van der Waals surface area contributed by atoms with Gasteiger partial charge in [0.2, 0.25) is 0 Å². The fraction of sp³-hybridized carbons (Fsp3) is 0.500. The SMILES string of the molecule is CCN(CCCN(C)C)C(=O)c1ccc(N)cc1. The molecule has 1 aromatic carbocycles. The summed E-state index contributed by atoms with van der Waals surface area (Å²) in [5.74, 6) is 0.0799. The smallest absolute Gasteiger partial charge is 0.253 e. The quantitative estimate of drug-likeness (QED) is 0.780. The molecule has 0 bridgehead atoms. The summed E-state index contributed by atoms with van der Waals surface area (Å²) in [6.45, 7) is 4.52. The fourth-order valence-corrected chi connectivity index (χ4v) is 1.79. The van der Waals surface area contributed by atoms with E-state index in [2.05, 4.69) is 4.90 Å². The summed E-state index contributed by atoms with van der Waals surface area (Å²) in [6, 6.07) is 7.10. The van der Waals surface area contributed by atoms with Crippen LogP contribution in [-0.2, 0) is 0 Å². The molecule has 0 unspecified atom stereocenters. The second-order valence-corrected chi connectivity index (χ2v) is 4.66. The van der Waals surface area contributed by atoms with Crippen molar-refractivity contribution in [3.8, 4) is 0 Å². The third-order valence-corrected chi connectivity index (χ3v) is 2.86. The molecule has 0 atom stereocenters. The average molecular weight is 249 g/mol. The van der Waals surface area contributed by atoms with Crippen molar-refractivity contribution in [3.63, 3.8) is 0 Å². The molecule has 4 heteroatoms. The van der Waals surface area contributed by atoms with Crippen LogP contribution < -0.4 is 5.73 Å². The Morgan fingerprint density at radius 1 is 1.17 bits per heavy atom. The zero-order valence-electron chi connectivity index (χ0n) is 11.5. The van der Waals surface area contributed by atoms with E-state index in [0.717, 1.165) is 26.1 Å². The Bertz CT molecular complexity index is 373.